The van der Waals surface area contributed by atoms with E-state index in [0.717, 1.165) is 18.2 Å². The van der Waals surface area contributed by atoms with Crippen molar-refractivity contribution in [1.82, 2.24) is 5.32 Å². The second-order valence-corrected chi connectivity index (χ2v) is 5.11. The molecule has 110 valence electrons. The number of amides is 1. The van der Waals surface area contributed by atoms with Gasteiger partial charge in [-0.05, 0) is 25.0 Å². The Morgan fingerprint density at radius 2 is 2.15 bits per heavy atom. The van der Waals surface area contributed by atoms with Gasteiger partial charge in [-0.2, -0.15) is 0 Å². The van der Waals surface area contributed by atoms with Crippen LogP contribution in [0.4, 0.5) is 10.1 Å². The van der Waals surface area contributed by atoms with Crippen molar-refractivity contribution >= 4 is 11.6 Å². The molecule has 0 unspecified atom stereocenters. The van der Waals surface area contributed by atoms with Crippen LogP contribution in [0.2, 0.25) is 0 Å². The summed E-state index contributed by atoms with van der Waals surface area (Å²) in [5.74, 6) is -1.65. The third-order valence-electron chi connectivity index (χ3n) is 3.25. The second-order valence-electron chi connectivity index (χ2n) is 5.11. The van der Waals surface area contributed by atoms with Gasteiger partial charge in [0.05, 0.1) is 10.5 Å². The summed E-state index contributed by atoms with van der Waals surface area (Å²) in [6, 6.07) is 2.65. The number of hydrogen-bond donors (Lipinski definition) is 2. The number of halogens is 1. The highest BCUT2D eigenvalue weighted by molar-refractivity contribution is 5.98. The molecule has 0 fully saturated rings. The molecule has 7 heteroatoms. The topological polar surface area (TPSA) is 92.5 Å². The van der Waals surface area contributed by atoms with Crippen LogP contribution >= 0.6 is 0 Å². The first-order valence-electron chi connectivity index (χ1n) is 6.09. The van der Waals surface area contributed by atoms with Crippen molar-refractivity contribution in [3.8, 4) is 0 Å². The van der Waals surface area contributed by atoms with Gasteiger partial charge in [0.2, 0.25) is 0 Å². The number of nitro benzene ring substituents is 1. The Kier molecular flexibility index (Phi) is 4.78. The predicted octanol–water partition coefficient (Wildman–Crippen LogP) is 1.87. The van der Waals surface area contributed by atoms with Gasteiger partial charge in [-0.25, -0.2) is 4.39 Å². The first-order chi connectivity index (χ1) is 9.15. The molecule has 20 heavy (non-hydrogen) atoms. The SMILES string of the molecule is CC(C)[C@@](C)(O)CNC(=O)c1cc(F)ccc1[N+](=O)[O-]. The molecule has 2 N–H and O–H groups in total. The van der Waals surface area contributed by atoms with Crippen molar-refractivity contribution in [2.45, 2.75) is 26.4 Å². The molecule has 0 saturated carbocycles. The Balaban J connectivity index is 2.93. The molecule has 0 aromatic heterocycles. The predicted molar refractivity (Wildman–Crippen MR) is 70.8 cm³/mol. The Bertz CT molecular complexity index is 529. The van der Waals surface area contributed by atoms with E-state index in [-0.39, 0.29) is 18.0 Å². The number of benzene rings is 1. The maximum atomic E-state index is 13.1. The van der Waals surface area contributed by atoms with E-state index < -0.39 is 27.9 Å². The minimum absolute atomic E-state index is 0.0861. The van der Waals surface area contributed by atoms with Gasteiger partial charge in [0.15, 0.2) is 0 Å². The van der Waals surface area contributed by atoms with Gasteiger partial charge in [-0.3, -0.25) is 14.9 Å². The van der Waals surface area contributed by atoms with E-state index in [0.29, 0.717) is 0 Å². The van der Waals surface area contributed by atoms with Gasteiger partial charge in [0, 0.05) is 12.6 Å². The van der Waals surface area contributed by atoms with Crippen LogP contribution in [0.15, 0.2) is 18.2 Å². The molecule has 1 aromatic rings. The van der Waals surface area contributed by atoms with Gasteiger partial charge >= 0.3 is 0 Å². The standard InChI is InChI=1S/C13H17FN2O4/c1-8(2)13(3,18)7-15-12(17)10-6-9(14)4-5-11(10)16(19)20/h4-6,8,18H,7H2,1-3H3,(H,15,17)/t13-/m0/s1. The summed E-state index contributed by atoms with van der Waals surface area (Å²) in [6.07, 6.45) is 0. The third kappa shape index (κ3) is 3.74. The Morgan fingerprint density at radius 1 is 1.55 bits per heavy atom. The normalized spacial score (nSPS) is 13.9. The molecule has 0 aliphatic carbocycles. The van der Waals surface area contributed by atoms with Gasteiger partial charge in [-0.15, -0.1) is 0 Å². The van der Waals surface area contributed by atoms with Crippen LogP contribution in [0.25, 0.3) is 0 Å². The summed E-state index contributed by atoms with van der Waals surface area (Å²) in [5, 5.41) is 23.2. The quantitative estimate of drug-likeness (QED) is 0.637. The molecule has 0 saturated heterocycles. The van der Waals surface area contributed by atoms with Gasteiger partial charge in [0.25, 0.3) is 11.6 Å². The maximum Gasteiger partial charge on any atom is 0.282 e. The number of aliphatic hydroxyl groups is 1. The van der Waals surface area contributed by atoms with E-state index in [9.17, 15) is 24.4 Å². The first-order valence-corrected chi connectivity index (χ1v) is 6.09. The molecule has 0 radical (unpaired) electrons. The van der Waals surface area contributed by atoms with Crippen LogP contribution in [0.5, 0.6) is 0 Å². The number of hydrogen-bond acceptors (Lipinski definition) is 4. The zero-order valence-corrected chi connectivity index (χ0v) is 11.5. The molecule has 0 aliphatic rings. The molecule has 0 aliphatic heterocycles. The van der Waals surface area contributed by atoms with Crippen LogP contribution in [0.3, 0.4) is 0 Å². The maximum absolute atomic E-state index is 13.1. The molecule has 0 heterocycles. The minimum atomic E-state index is -1.15. The Morgan fingerprint density at radius 3 is 2.65 bits per heavy atom. The van der Waals surface area contributed by atoms with Crippen LogP contribution in [0, 0.1) is 21.8 Å². The lowest BCUT2D eigenvalue weighted by atomic mass is 9.92. The zero-order valence-electron chi connectivity index (χ0n) is 11.5. The van der Waals surface area contributed by atoms with E-state index in [4.69, 9.17) is 0 Å². The minimum Gasteiger partial charge on any atom is -0.388 e. The lowest BCUT2D eigenvalue weighted by molar-refractivity contribution is -0.385. The number of carbonyl (C=O) groups excluding carboxylic acids is 1. The number of rotatable bonds is 5. The molecular formula is C13H17FN2O4. The molecule has 1 amide bonds. The fourth-order valence-electron chi connectivity index (χ4n) is 1.41. The van der Waals surface area contributed by atoms with E-state index in [1.165, 1.54) is 6.92 Å². The number of nitrogens with one attached hydrogen (secondary N) is 1. The highest BCUT2D eigenvalue weighted by atomic mass is 19.1. The summed E-state index contributed by atoms with van der Waals surface area (Å²) in [6.45, 7) is 5.00. The number of nitrogens with zero attached hydrogens (tertiary/aromatic N) is 1. The fourth-order valence-corrected chi connectivity index (χ4v) is 1.41. The molecular weight excluding hydrogens is 267 g/mol. The summed E-state index contributed by atoms with van der Waals surface area (Å²) in [4.78, 5) is 21.9. The van der Waals surface area contributed by atoms with Crippen LogP contribution in [-0.2, 0) is 0 Å². The van der Waals surface area contributed by atoms with Gasteiger partial charge in [-0.1, -0.05) is 13.8 Å². The zero-order chi connectivity index (χ0) is 15.5. The molecule has 0 spiro atoms. The van der Waals surface area contributed by atoms with E-state index in [2.05, 4.69) is 5.32 Å². The highest BCUT2D eigenvalue weighted by Gasteiger charge is 2.27. The third-order valence-corrected chi connectivity index (χ3v) is 3.25. The number of carbonyl (C=O) groups is 1. The summed E-state index contributed by atoms with van der Waals surface area (Å²) in [7, 11) is 0. The highest BCUT2D eigenvalue weighted by Crippen LogP contribution is 2.20. The van der Waals surface area contributed by atoms with Crippen molar-refractivity contribution in [2.24, 2.45) is 5.92 Å². The first kappa shape index (κ1) is 16.0. The molecule has 1 aromatic carbocycles. The second kappa shape index (κ2) is 5.96. The smallest absolute Gasteiger partial charge is 0.282 e. The molecule has 0 bridgehead atoms. The Hall–Kier alpha value is -2.02. The largest absolute Gasteiger partial charge is 0.388 e. The van der Waals surface area contributed by atoms with E-state index in [1.54, 1.807) is 13.8 Å². The summed E-state index contributed by atoms with van der Waals surface area (Å²) >= 11 is 0. The van der Waals surface area contributed by atoms with Crippen molar-refractivity contribution in [2.75, 3.05) is 6.54 Å². The van der Waals surface area contributed by atoms with E-state index in [1.807, 2.05) is 0 Å². The van der Waals surface area contributed by atoms with Crippen molar-refractivity contribution < 1.29 is 19.2 Å². The van der Waals surface area contributed by atoms with Crippen molar-refractivity contribution in [3.05, 3.63) is 39.7 Å². The fraction of sp³-hybridized carbons (Fsp3) is 0.462. The molecule has 6 nitrogen and oxygen atoms in total. The van der Waals surface area contributed by atoms with E-state index >= 15 is 0 Å². The van der Waals surface area contributed by atoms with Crippen molar-refractivity contribution in [3.63, 3.8) is 0 Å². The lowest BCUT2D eigenvalue weighted by Crippen LogP contribution is -2.44. The van der Waals surface area contributed by atoms with Crippen LogP contribution < -0.4 is 5.32 Å². The van der Waals surface area contributed by atoms with Gasteiger partial charge in [0.1, 0.15) is 11.4 Å². The van der Waals surface area contributed by atoms with Crippen LogP contribution in [0.1, 0.15) is 31.1 Å². The Labute approximate surface area is 115 Å². The molecule has 1 atom stereocenters. The lowest BCUT2D eigenvalue weighted by Gasteiger charge is -2.27. The summed E-state index contributed by atoms with van der Waals surface area (Å²) < 4.78 is 13.1. The number of nitro groups is 1. The average molecular weight is 284 g/mol. The van der Waals surface area contributed by atoms with Crippen molar-refractivity contribution in [1.29, 1.82) is 0 Å². The molecule has 1 rings (SSSR count). The monoisotopic (exact) mass is 284 g/mol. The summed E-state index contributed by atoms with van der Waals surface area (Å²) in [5.41, 5.74) is -2.00. The average Bonchev–Trinajstić information content (AvgIpc) is 2.35. The van der Waals surface area contributed by atoms with Crippen LogP contribution in [-0.4, -0.2) is 28.1 Å². The van der Waals surface area contributed by atoms with Gasteiger partial charge < -0.3 is 10.4 Å².